The van der Waals surface area contributed by atoms with Gasteiger partial charge in [0.25, 0.3) is 5.91 Å². The van der Waals surface area contributed by atoms with Gasteiger partial charge >= 0.3 is 0 Å². The number of aromatic nitrogens is 3. The van der Waals surface area contributed by atoms with Crippen LogP contribution < -0.4 is 10.1 Å². The summed E-state index contributed by atoms with van der Waals surface area (Å²) in [5, 5.41) is 2.99. The molecule has 0 spiro atoms. The van der Waals surface area contributed by atoms with E-state index in [2.05, 4.69) is 21.1 Å². The highest BCUT2D eigenvalue weighted by atomic mass is 16.5. The van der Waals surface area contributed by atoms with Crippen molar-refractivity contribution in [1.82, 2.24) is 14.5 Å². The van der Waals surface area contributed by atoms with E-state index in [1.807, 2.05) is 48.5 Å². The van der Waals surface area contributed by atoms with Crippen molar-refractivity contribution in [1.29, 1.82) is 0 Å². The molecule has 2 aromatic carbocycles. The average molecular weight is 425 g/mol. The molecule has 1 amide bonds. The average Bonchev–Trinajstić information content (AvgIpc) is 3.28. The summed E-state index contributed by atoms with van der Waals surface area (Å²) in [6, 6.07) is 18.8. The van der Waals surface area contributed by atoms with E-state index in [1.54, 1.807) is 24.5 Å². The van der Waals surface area contributed by atoms with E-state index < -0.39 is 0 Å². The number of amides is 1. The van der Waals surface area contributed by atoms with Crippen LogP contribution in [0, 0.1) is 0 Å². The van der Waals surface area contributed by atoms with Gasteiger partial charge in [-0.1, -0.05) is 24.3 Å². The molecular weight excluding hydrogens is 400 g/mol. The molecule has 0 fully saturated rings. The number of anilines is 1. The van der Waals surface area contributed by atoms with E-state index in [9.17, 15) is 4.79 Å². The number of ether oxygens (including phenoxy) is 1. The summed E-state index contributed by atoms with van der Waals surface area (Å²) >= 11 is 0. The minimum atomic E-state index is -0.182. The Bertz CT molecular complexity index is 1210. The van der Waals surface area contributed by atoms with E-state index in [1.165, 1.54) is 12.8 Å². The highest BCUT2D eigenvalue weighted by Crippen LogP contribution is 2.25. The molecule has 32 heavy (non-hydrogen) atoms. The fourth-order valence-electron chi connectivity index (χ4n) is 3.89. The Morgan fingerprint density at radius 2 is 2.00 bits per heavy atom. The van der Waals surface area contributed by atoms with Gasteiger partial charge in [-0.2, -0.15) is 0 Å². The van der Waals surface area contributed by atoms with E-state index >= 15 is 0 Å². The molecule has 1 N–H and O–H groups in total. The van der Waals surface area contributed by atoms with Crippen molar-refractivity contribution < 1.29 is 9.53 Å². The molecule has 0 bridgehead atoms. The molecule has 1 aliphatic heterocycles. The van der Waals surface area contributed by atoms with Gasteiger partial charge < -0.3 is 14.6 Å². The first-order valence-corrected chi connectivity index (χ1v) is 10.8. The second-order valence-corrected chi connectivity index (χ2v) is 7.91. The number of carbonyl (C=O) groups excluding carboxylic acids is 1. The molecular formula is C26H24N4O2. The molecule has 3 heterocycles. The number of hydrogen-bond acceptors (Lipinski definition) is 4. The number of imidazole rings is 1. The summed E-state index contributed by atoms with van der Waals surface area (Å²) in [6.07, 6.45) is 9.01. The van der Waals surface area contributed by atoms with Crippen molar-refractivity contribution >= 4 is 11.6 Å². The quantitative estimate of drug-likeness (QED) is 0.467. The number of nitrogens with one attached hydrogen (secondary N) is 1. The Morgan fingerprint density at radius 3 is 2.88 bits per heavy atom. The minimum absolute atomic E-state index is 0.182. The number of carbonyl (C=O) groups is 1. The van der Waals surface area contributed by atoms with E-state index in [-0.39, 0.29) is 5.91 Å². The summed E-state index contributed by atoms with van der Waals surface area (Å²) in [4.78, 5) is 21.7. The number of benzene rings is 2. The zero-order valence-corrected chi connectivity index (χ0v) is 17.7. The summed E-state index contributed by atoms with van der Waals surface area (Å²) in [5.74, 6) is 1.60. The molecule has 1 aliphatic rings. The van der Waals surface area contributed by atoms with E-state index in [0.717, 1.165) is 41.3 Å². The molecule has 0 unspecified atom stereocenters. The smallest absolute Gasteiger partial charge is 0.255 e. The Kier molecular flexibility index (Phi) is 5.66. The monoisotopic (exact) mass is 424 g/mol. The Balaban J connectivity index is 1.28. The lowest BCUT2D eigenvalue weighted by Crippen LogP contribution is -2.12. The van der Waals surface area contributed by atoms with Gasteiger partial charge in [-0.25, -0.2) is 4.98 Å². The lowest BCUT2D eigenvalue weighted by atomic mass is 10.1. The maximum atomic E-state index is 12.9. The van der Waals surface area contributed by atoms with Crippen LogP contribution in [0.4, 0.5) is 5.69 Å². The predicted octanol–water partition coefficient (Wildman–Crippen LogP) is 5.11. The topological polar surface area (TPSA) is 69.0 Å². The number of nitrogens with zero attached hydrogens (tertiary/aromatic N) is 3. The summed E-state index contributed by atoms with van der Waals surface area (Å²) in [7, 11) is 0. The molecule has 0 aliphatic carbocycles. The first-order chi connectivity index (χ1) is 15.7. The summed E-state index contributed by atoms with van der Waals surface area (Å²) < 4.78 is 8.06. The van der Waals surface area contributed by atoms with Crippen LogP contribution in [0.5, 0.6) is 5.75 Å². The molecule has 0 saturated carbocycles. The molecule has 5 rings (SSSR count). The Hall–Kier alpha value is -3.93. The van der Waals surface area contributed by atoms with Gasteiger partial charge in [0.15, 0.2) is 0 Å². The lowest BCUT2D eigenvalue weighted by Gasteiger charge is -2.11. The van der Waals surface area contributed by atoms with Crippen molar-refractivity contribution in [3.05, 3.63) is 96.2 Å². The van der Waals surface area contributed by atoms with E-state index in [4.69, 9.17) is 9.72 Å². The van der Waals surface area contributed by atoms with Gasteiger partial charge in [-0.3, -0.25) is 9.78 Å². The normalized spacial score (nSPS) is 12.8. The third kappa shape index (κ3) is 4.54. The minimum Gasteiger partial charge on any atom is -0.489 e. The number of pyridine rings is 1. The second kappa shape index (κ2) is 9.06. The fraction of sp³-hybridized carbons (Fsp3) is 0.192. The molecule has 160 valence electrons. The molecule has 6 heteroatoms. The first kappa shape index (κ1) is 20.0. The van der Waals surface area contributed by atoms with Gasteiger partial charge in [-0.05, 0) is 49.2 Å². The predicted molar refractivity (Wildman–Crippen MR) is 124 cm³/mol. The van der Waals surface area contributed by atoms with E-state index in [0.29, 0.717) is 17.9 Å². The lowest BCUT2D eigenvalue weighted by molar-refractivity contribution is 0.102. The van der Waals surface area contributed by atoms with Gasteiger partial charge in [0, 0.05) is 53.9 Å². The van der Waals surface area contributed by atoms with Crippen LogP contribution in [0.3, 0.4) is 0 Å². The SMILES string of the molecule is O=C(Nc1cccc(-c2cn3c(n2)CCCC3)c1)c1cccc(OCc2cccnc2)c1. The maximum Gasteiger partial charge on any atom is 0.255 e. The molecule has 6 nitrogen and oxygen atoms in total. The highest BCUT2D eigenvalue weighted by Gasteiger charge is 2.14. The number of rotatable bonds is 6. The van der Waals surface area contributed by atoms with Gasteiger partial charge in [0.2, 0.25) is 0 Å². The summed E-state index contributed by atoms with van der Waals surface area (Å²) in [5.41, 5.74) is 4.19. The van der Waals surface area contributed by atoms with Gasteiger partial charge in [-0.15, -0.1) is 0 Å². The van der Waals surface area contributed by atoms with Crippen molar-refractivity contribution in [2.24, 2.45) is 0 Å². The number of aryl methyl sites for hydroxylation is 2. The second-order valence-electron chi connectivity index (χ2n) is 7.91. The fourth-order valence-corrected chi connectivity index (χ4v) is 3.89. The van der Waals surface area contributed by atoms with Gasteiger partial charge in [0.05, 0.1) is 5.69 Å². The van der Waals surface area contributed by atoms with Crippen molar-refractivity contribution in [2.45, 2.75) is 32.4 Å². The van der Waals surface area contributed by atoms with Crippen LogP contribution in [-0.4, -0.2) is 20.4 Å². The van der Waals surface area contributed by atoms with Crippen LogP contribution >= 0.6 is 0 Å². The Morgan fingerprint density at radius 1 is 1.06 bits per heavy atom. The van der Waals surface area contributed by atoms with Crippen molar-refractivity contribution in [2.75, 3.05) is 5.32 Å². The molecule has 0 atom stereocenters. The molecule has 0 saturated heterocycles. The summed E-state index contributed by atoms with van der Waals surface area (Å²) in [6.45, 7) is 1.42. The molecule has 4 aromatic rings. The Labute approximate surface area is 186 Å². The molecule has 0 radical (unpaired) electrons. The number of fused-ring (bicyclic) bond motifs is 1. The number of hydrogen-bond donors (Lipinski definition) is 1. The third-order valence-electron chi connectivity index (χ3n) is 5.55. The largest absolute Gasteiger partial charge is 0.489 e. The first-order valence-electron chi connectivity index (χ1n) is 10.8. The van der Waals surface area contributed by atoms with Crippen LogP contribution in [0.1, 0.15) is 34.6 Å². The van der Waals surface area contributed by atoms with Crippen molar-refractivity contribution in [3.63, 3.8) is 0 Å². The third-order valence-corrected chi connectivity index (χ3v) is 5.55. The molecule has 2 aromatic heterocycles. The standard InChI is InChI=1S/C26H24N4O2/c31-26(21-8-4-10-23(15-21)32-18-19-6-5-12-27-16-19)28-22-9-3-7-20(14-22)24-17-30-13-2-1-11-25(30)29-24/h3-10,12,14-17H,1-2,11,13,18H2,(H,28,31). The zero-order valence-electron chi connectivity index (χ0n) is 17.7. The van der Waals surface area contributed by atoms with Crippen LogP contribution in [-0.2, 0) is 19.6 Å². The van der Waals surface area contributed by atoms with Gasteiger partial charge in [0.1, 0.15) is 18.2 Å². The van der Waals surface area contributed by atoms with Crippen molar-refractivity contribution in [3.8, 4) is 17.0 Å². The van der Waals surface area contributed by atoms with Crippen LogP contribution in [0.2, 0.25) is 0 Å². The highest BCUT2D eigenvalue weighted by molar-refractivity contribution is 6.04. The maximum absolute atomic E-state index is 12.9. The van der Waals surface area contributed by atoms with Crippen LogP contribution in [0.15, 0.2) is 79.3 Å². The zero-order chi connectivity index (χ0) is 21.8. The van der Waals surface area contributed by atoms with Crippen LogP contribution in [0.25, 0.3) is 11.3 Å².